The molecule has 1 saturated carbocycles. The fourth-order valence-corrected chi connectivity index (χ4v) is 4.75. The van der Waals surface area contributed by atoms with Gasteiger partial charge in [0, 0.05) is 37.9 Å². The molecule has 0 radical (unpaired) electrons. The van der Waals surface area contributed by atoms with Gasteiger partial charge in [-0.2, -0.15) is 0 Å². The lowest BCUT2D eigenvalue weighted by Crippen LogP contribution is -2.47. The third-order valence-electron chi connectivity index (χ3n) is 6.71. The predicted molar refractivity (Wildman–Crippen MR) is 109 cm³/mol. The summed E-state index contributed by atoms with van der Waals surface area (Å²) in [6.45, 7) is 2.53. The number of hydrogen-bond donors (Lipinski definition) is 0. The fraction of sp³-hybridized carbons (Fsp3) is 0.565. The van der Waals surface area contributed by atoms with Crippen LogP contribution in [0, 0.1) is 5.92 Å². The van der Waals surface area contributed by atoms with E-state index in [1.807, 2.05) is 0 Å². The maximum Gasteiger partial charge on any atom is 0.241 e. The van der Waals surface area contributed by atoms with Crippen LogP contribution in [-0.2, 0) is 24.6 Å². The Morgan fingerprint density at radius 2 is 1.83 bits per heavy atom. The summed E-state index contributed by atoms with van der Waals surface area (Å²) in [5, 5.41) is 0. The summed E-state index contributed by atoms with van der Waals surface area (Å²) < 4.78 is 5.22. The molecule has 1 aliphatic carbocycles. The molecule has 1 aromatic rings. The topological polar surface area (TPSA) is 84.0 Å². The highest BCUT2D eigenvalue weighted by Crippen LogP contribution is 2.45. The van der Waals surface area contributed by atoms with Gasteiger partial charge in [-0.05, 0) is 50.3 Å². The predicted octanol–water partition coefficient (Wildman–Crippen LogP) is 2.07. The van der Waals surface area contributed by atoms with Gasteiger partial charge in [-0.15, -0.1) is 0 Å². The van der Waals surface area contributed by atoms with Gasteiger partial charge in [-0.1, -0.05) is 12.1 Å². The summed E-state index contributed by atoms with van der Waals surface area (Å²) in [5.41, 5.74) is -0.523. The van der Waals surface area contributed by atoms with Crippen molar-refractivity contribution in [2.45, 2.75) is 56.9 Å². The van der Waals surface area contributed by atoms with E-state index in [4.69, 9.17) is 4.74 Å². The zero-order valence-corrected chi connectivity index (χ0v) is 17.6. The van der Waals surface area contributed by atoms with Crippen LogP contribution in [0.2, 0.25) is 0 Å². The van der Waals surface area contributed by atoms with E-state index in [0.717, 1.165) is 25.7 Å². The molecule has 2 aliphatic heterocycles. The van der Waals surface area contributed by atoms with Gasteiger partial charge in [0.15, 0.2) is 0 Å². The second-order valence-corrected chi connectivity index (χ2v) is 8.75. The zero-order chi connectivity index (χ0) is 21.5. The van der Waals surface area contributed by atoms with Crippen molar-refractivity contribution in [3.05, 3.63) is 29.8 Å². The number of amides is 3. The van der Waals surface area contributed by atoms with Crippen molar-refractivity contribution < 1.29 is 23.9 Å². The largest absolute Gasteiger partial charge is 0.497 e. The molecule has 0 unspecified atom stereocenters. The van der Waals surface area contributed by atoms with Crippen LogP contribution >= 0.6 is 0 Å². The van der Waals surface area contributed by atoms with Crippen molar-refractivity contribution in [3.63, 3.8) is 0 Å². The van der Waals surface area contributed by atoms with Gasteiger partial charge in [-0.3, -0.25) is 24.1 Å². The number of nitrogens with zero attached hydrogens (tertiary/aromatic N) is 2. The van der Waals surface area contributed by atoms with Gasteiger partial charge in [0.1, 0.15) is 11.5 Å². The Morgan fingerprint density at radius 1 is 1.13 bits per heavy atom. The van der Waals surface area contributed by atoms with Gasteiger partial charge in [0.2, 0.25) is 17.7 Å². The number of benzene rings is 1. The molecule has 3 amide bonds. The van der Waals surface area contributed by atoms with Crippen LogP contribution in [0.1, 0.15) is 51.0 Å². The van der Waals surface area contributed by atoms with Crippen molar-refractivity contribution in [2.24, 2.45) is 5.92 Å². The van der Waals surface area contributed by atoms with Crippen LogP contribution in [0.5, 0.6) is 5.75 Å². The number of ether oxygens (including phenoxy) is 1. The second kappa shape index (κ2) is 7.85. The van der Waals surface area contributed by atoms with Crippen LogP contribution < -0.4 is 4.74 Å². The number of ketones is 1. The molecule has 2 heterocycles. The quantitative estimate of drug-likeness (QED) is 0.668. The SMILES string of the molecule is COc1ccc([C@@]2(CC(=O)N3CCC[C@H](C(C)=O)C3)CC(=O)N(C3CC3)C2=O)cc1. The second-order valence-electron chi connectivity index (χ2n) is 8.75. The van der Waals surface area contributed by atoms with E-state index >= 15 is 0 Å². The number of likely N-dealkylation sites (tertiary alicyclic amines) is 2. The van der Waals surface area contributed by atoms with Crippen LogP contribution in [0.4, 0.5) is 0 Å². The Labute approximate surface area is 176 Å². The molecular weight excluding hydrogens is 384 g/mol. The minimum Gasteiger partial charge on any atom is -0.497 e. The van der Waals surface area contributed by atoms with Crippen molar-refractivity contribution in [3.8, 4) is 5.75 Å². The molecular formula is C23H28N2O5. The molecule has 7 heteroatoms. The van der Waals surface area contributed by atoms with Crippen LogP contribution in [0.3, 0.4) is 0 Å². The van der Waals surface area contributed by atoms with E-state index in [1.165, 1.54) is 4.90 Å². The number of carbonyl (C=O) groups is 4. The molecule has 0 spiro atoms. The number of rotatable bonds is 6. The molecule has 3 aliphatic rings. The maximum absolute atomic E-state index is 13.5. The highest BCUT2D eigenvalue weighted by molar-refractivity contribution is 6.11. The molecule has 3 fully saturated rings. The molecule has 30 heavy (non-hydrogen) atoms. The van der Waals surface area contributed by atoms with Crippen LogP contribution in [0.15, 0.2) is 24.3 Å². The Bertz CT molecular complexity index is 876. The number of Topliss-reactive ketones (excluding diaryl/α,β-unsaturated/α-hetero) is 1. The van der Waals surface area contributed by atoms with E-state index in [2.05, 4.69) is 0 Å². The lowest BCUT2D eigenvalue weighted by atomic mass is 9.75. The summed E-state index contributed by atoms with van der Waals surface area (Å²) in [6.07, 6.45) is 3.16. The van der Waals surface area contributed by atoms with Gasteiger partial charge in [0.25, 0.3) is 0 Å². The van der Waals surface area contributed by atoms with Crippen molar-refractivity contribution >= 4 is 23.5 Å². The standard InChI is InChI=1S/C23H28N2O5/c1-15(26)16-4-3-11-24(14-16)20(27)12-23(17-5-9-19(30-2)10-6-17)13-21(28)25(22(23)29)18-7-8-18/h5-6,9-10,16,18H,3-4,7-8,11-14H2,1-2H3/t16-,23+/m0/s1. The number of piperidine rings is 1. The van der Waals surface area contributed by atoms with Gasteiger partial charge in [-0.25, -0.2) is 0 Å². The molecule has 0 aromatic heterocycles. The minimum atomic E-state index is -1.19. The maximum atomic E-state index is 13.5. The van der Waals surface area contributed by atoms with Crippen molar-refractivity contribution in [1.82, 2.24) is 9.80 Å². The van der Waals surface area contributed by atoms with Crippen LogP contribution in [-0.4, -0.2) is 59.5 Å². The first kappa shape index (κ1) is 20.6. The van der Waals surface area contributed by atoms with E-state index < -0.39 is 5.41 Å². The molecule has 1 aromatic carbocycles. The van der Waals surface area contributed by atoms with E-state index in [0.29, 0.717) is 24.4 Å². The Kier molecular flexibility index (Phi) is 5.38. The van der Waals surface area contributed by atoms with Gasteiger partial charge >= 0.3 is 0 Å². The summed E-state index contributed by atoms with van der Waals surface area (Å²) >= 11 is 0. The van der Waals surface area contributed by atoms with Crippen LogP contribution in [0.25, 0.3) is 0 Å². The monoisotopic (exact) mass is 412 g/mol. The first-order valence-corrected chi connectivity index (χ1v) is 10.6. The van der Waals surface area contributed by atoms with E-state index in [9.17, 15) is 19.2 Å². The molecule has 2 atom stereocenters. The highest BCUT2D eigenvalue weighted by Gasteiger charge is 2.57. The Balaban J connectivity index is 1.64. The third kappa shape index (κ3) is 3.61. The molecule has 7 nitrogen and oxygen atoms in total. The van der Waals surface area contributed by atoms with Crippen molar-refractivity contribution in [1.29, 1.82) is 0 Å². The first-order valence-electron chi connectivity index (χ1n) is 10.6. The first-order chi connectivity index (χ1) is 14.4. The highest BCUT2D eigenvalue weighted by atomic mass is 16.5. The molecule has 2 saturated heterocycles. The smallest absolute Gasteiger partial charge is 0.241 e. The Morgan fingerprint density at radius 3 is 2.43 bits per heavy atom. The van der Waals surface area contributed by atoms with Crippen molar-refractivity contribution in [2.75, 3.05) is 20.2 Å². The normalized spacial score (nSPS) is 26.8. The van der Waals surface area contributed by atoms with Gasteiger partial charge in [0.05, 0.1) is 12.5 Å². The number of hydrogen-bond acceptors (Lipinski definition) is 5. The number of imide groups is 1. The lowest BCUT2D eigenvalue weighted by Gasteiger charge is -2.35. The number of carbonyl (C=O) groups excluding carboxylic acids is 4. The lowest BCUT2D eigenvalue weighted by molar-refractivity contribution is -0.144. The fourth-order valence-electron chi connectivity index (χ4n) is 4.75. The summed E-state index contributed by atoms with van der Waals surface area (Å²) in [7, 11) is 1.56. The average molecular weight is 412 g/mol. The average Bonchev–Trinajstić information content (AvgIpc) is 3.54. The third-order valence-corrected chi connectivity index (χ3v) is 6.71. The minimum absolute atomic E-state index is 0.00434. The summed E-state index contributed by atoms with van der Waals surface area (Å²) in [6, 6.07) is 7.04. The summed E-state index contributed by atoms with van der Waals surface area (Å²) in [4.78, 5) is 54.5. The van der Waals surface area contributed by atoms with Gasteiger partial charge < -0.3 is 9.64 Å². The molecule has 4 rings (SSSR count). The summed E-state index contributed by atoms with van der Waals surface area (Å²) in [5.74, 6) is -0.0557. The molecule has 0 N–H and O–H groups in total. The van der Waals surface area contributed by atoms with E-state index in [-0.39, 0.29) is 48.3 Å². The Hall–Kier alpha value is -2.70. The number of methoxy groups -OCH3 is 1. The van der Waals surface area contributed by atoms with E-state index in [1.54, 1.807) is 43.2 Å². The molecule has 0 bridgehead atoms. The molecule has 160 valence electrons. The zero-order valence-electron chi connectivity index (χ0n) is 17.6.